The van der Waals surface area contributed by atoms with Gasteiger partial charge in [-0.15, -0.1) is 10.2 Å². The van der Waals surface area contributed by atoms with Gasteiger partial charge >= 0.3 is 0 Å². The average Bonchev–Trinajstić information content (AvgIpc) is 3.04. The first-order chi connectivity index (χ1) is 14.9. The first-order valence-electron chi connectivity index (χ1n) is 9.54. The monoisotopic (exact) mass is 568 g/mol. The molecule has 1 heterocycles. The minimum atomic E-state index is -0.372. The van der Waals surface area contributed by atoms with Crippen LogP contribution >= 0.6 is 43.5 Å². The Bertz CT molecular complexity index is 1150. The maximum absolute atomic E-state index is 12.1. The van der Waals surface area contributed by atoms with E-state index in [-0.39, 0.29) is 29.8 Å². The maximum atomic E-state index is 12.1. The lowest BCUT2D eigenvalue weighted by atomic mass is 10.1. The van der Waals surface area contributed by atoms with E-state index in [4.69, 9.17) is 11.6 Å². The van der Waals surface area contributed by atoms with Crippen LogP contribution < -0.4 is 5.32 Å². The first kappa shape index (κ1) is 23.4. The molecule has 162 valence electrons. The molecule has 0 fully saturated rings. The van der Waals surface area contributed by atoms with Gasteiger partial charge < -0.3 is 15.4 Å². The highest BCUT2D eigenvalue weighted by molar-refractivity contribution is 9.11. The predicted octanol–water partition coefficient (Wildman–Crippen LogP) is 6.65. The van der Waals surface area contributed by atoms with Crippen LogP contribution in [0.1, 0.15) is 36.0 Å². The SMILES string of the molecule is O=C(CCCCCNC(=O)c1ccccc1Cl)N=Nc1c(O)[nH]c2c(Br)cc(Br)cc12. The predicted molar refractivity (Wildman–Crippen MR) is 127 cm³/mol. The second-order valence-electron chi connectivity index (χ2n) is 6.77. The van der Waals surface area contributed by atoms with Gasteiger partial charge in [0.25, 0.3) is 11.8 Å². The van der Waals surface area contributed by atoms with Crippen molar-refractivity contribution < 1.29 is 14.7 Å². The summed E-state index contributed by atoms with van der Waals surface area (Å²) in [5, 5.41) is 21.6. The largest absolute Gasteiger partial charge is 0.493 e. The van der Waals surface area contributed by atoms with Gasteiger partial charge in [0.1, 0.15) is 0 Å². The van der Waals surface area contributed by atoms with Crippen LogP contribution in [0.2, 0.25) is 5.02 Å². The van der Waals surface area contributed by atoms with Crippen molar-refractivity contribution in [3.63, 3.8) is 0 Å². The molecule has 0 spiro atoms. The molecule has 0 radical (unpaired) electrons. The molecule has 0 aliphatic carbocycles. The third-order valence-electron chi connectivity index (χ3n) is 4.51. The summed E-state index contributed by atoms with van der Waals surface area (Å²) < 4.78 is 1.55. The molecule has 2 amide bonds. The van der Waals surface area contributed by atoms with Crippen LogP contribution in [0.25, 0.3) is 10.9 Å². The highest BCUT2D eigenvalue weighted by atomic mass is 79.9. The molecule has 0 saturated carbocycles. The van der Waals surface area contributed by atoms with Crippen molar-refractivity contribution in [2.75, 3.05) is 6.54 Å². The summed E-state index contributed by atoms with van der Waals surface area (Å²) in [7, 11) is 0. The smallest absolute Gasteiger partial charge is 0.264 e. The number of aromatic nitrogens is 1. The van der Waals surface area contributed by atoms with Crippen molar-refractivity contribution in [3.05, 3.63) is 55.9 Å². The number of benzene rings is 2. The van der Waals surface area contributed by atoms with E-state index in [0.717, 1.165) is 21.8 Å². The Labute approximate surface area is 200 Å². The number of aromatic hydroxyl groups is 1. The molecular formula is C21H19Br2ClN4O3. The number of hydrogen-bond donors (Lipinski definition) is 3. The van der Waals surface area contributed by atoms with Gasteiger partial charge in [-0.3, -0.25) is 9.59 Å². The van der Waals surface area contributed by atoms with Gasteiger partial charge in [-0.25, -0.2) is 0 Å². The van der Waals surface area contributed by atoms with Gasteiger partial charge in [-0.05, 0) is 53.0 Å². The fraction of sp³-hybridized carbons (Fsp3) is 0.238. The number of hydrogen-bond acceptors (Lipinski definition) is 4. The Morgan fingerprint density at radius 3 is 2.68 bits per heavy atom. The van der Waals surface area contributed by atoms with Gasteiger partial charge in [0.15, 0.2) is 5.69 Å². The van der Waals surface area contributed by atoms with Crippen LogP contribution in [0.15, 0.2) is 55.6 Å². The van der Waals surface area contributed by atoms with Crippen molar-refractivity contribution in [2.45, 2.75) is 25.7 Å². The zero-order valence-electron chi connectivity index (χ0n) is 16.3. The van der Waals surface area contributed by atoms with Crippen molar-refractivity contribution in [1.82, 2.24) is 10.3 Å². The molecule has 0 saturated heterocycles. The number of aromatic amines is 1. The summed E-state index contributed by atoms with van der Waals surface area (Å²) in [4.78, 5) is 26.9. The van der Waals surface area contributed by atoms with Crippen LogP contribution in [0.5, 0.6) is 5.88 Å². The van der Waals surface area contributed by atoms with Gasteiger partial charge in [-0.1, -0.05) is 46.1 Å². The Hall–Kier alpha value is -2.23. The van der Waals surface area contributed by atoms with E-state index in [9.17, 15) is 14.7 Å². The summed E-state index contributed by atoms with van der Waals surface area (Å²) in [6.07, 6.45) is 2.34. The topological polar surface area (TPSA) is 107 Å². The Morgan fingerprint density at radius 2 is 1.90 bits per heavy atom. The number of carbonyl (C=O) groups is 2. The van der Waals surface area contributed by atoms with Crippen molar-refractivity contribution in [2.24, 2.45) is 10.2 Å². The van der Waals surface area contributed by atoms with E-state index in [2.05, 4.69) is 52.4 Å². The van der Waals surface area contributed by atoms with Crippen molar-refractivity contribution in [1.29, 1.82) is 0 Å². The lowest BCUT2D eigenvalue weighted by Gasteiger charge is -2.06. The molecule has 3 N–H and O–H groups in total. The lowest BCUT2D eigenvalue weighted by Crippen LogP contribution is -2.24. The Morgan fingerprint density at radius 1 is 1.13 bits per heavy atom. The standard InChI is InChI=1S/C21H19Br2ClN4O3/c22-12-10-14-18(15(23)11-12)26-21(31)19(14)28-27-17(29)8-2-1-5-9-25-20(30)13-6-3-4-7-16(13)24/h3-4,6-7,10-11,26,31H,1-2,5,8-9H2,(H,25,30). The minimum absolute atomic E-state index is 0.153. The number of fused-ring (bicyclic) bond motifs is 1. The number of unbranched alkanes of at least 4 members (excludes halogenated alkanes) is 2. The normalized spacial score (nSPS) is 11.3. The summed E-state index contributed by atoms with van der Waals surface area (Å²) >= 11 is 12.8. The van der Waals surface area contributed by atoms with Crippen molar-refractivity contribution in [3.8, 4) is 5.88 Å². The number of amides is 2. The Balaban J connectivity index is 1.43. The molecule has 3 rings (SSSR count). The van der Waals surface area contributed by atoms with Gasteiger partial charge in [0.2, 0.25) is 5.88 Å². The molecule has 1 aromatic heterocycles. The number of nitrogens with one attached hydrogen (secondary N) is 2. The molecule has 10 heteroatoms. The molecule has 0 atom stereocenters. The molecule has 2 aromatic carbocycles. The maximum Gasteiger partial charge on any atom is 0.264 e. The summed E-state index contributed by atoms with van der Waals surface area (Å²) in [5.74, 6) is -0.741. The van der Waals surface area contributed by atoms with Gasteiger partial charge in [0.05, 0.1) is 16.1 Å². The lowest BCUT2D eigenvalue weighted by molar-refractivity contribution is -0.118. The molecule has 0 aliphatic rings. The second kappa shape index (κ2) is 10.9. The highest BCUT2D eigenvalue weighted by Gasteiger charge is 2.14. The zero-order chi connectivity index (χ0) is 22.4. The van der Waals surface area contributed by atoms with Gasteiger partial charge in [-0.2, -0.15) is 0 Å². The number of carbonyl (C=O) groups excluding carboxylic acids is 2. The van der Waals surface area contributed by atoms with Crippen LogP contribution in [0, 0.1) is 0 Å². The minimum Gasteiger partial charge on any atom is -0.493 e. The summed E-state index contributed by atoms with van der Waals surface area (Å²) in [6.45, 7) is 0.493. The van der Waals surface area contributed by atoms with Crippen LogP contribution in [-0.4, -0.2) is 28.4 Å². The zero-order valence-corrected chi connectivity index (χ0v) is 20.2. The number of halogens is 3. The van der Waals surface area contributed by atoms with E-state index in [1.807, 2.05) is 6.07 Å². The fourth-order valence-electron chi connectivity index (χ4n) is 2.97. The number of nitrogens with zero attached hydrogens (tertiary/aromatic N) is 2. The molecular weight excluding hydrogens is 552 g/mol. The Kier molecular flexibility index (Phi) is 8.22. The van der Waals surface area contributed by atoms with E-state index in [1.165, 1.54) is 0 Å². The van der Waals surface area contributed by atoms with E-state index >= 15 is 0 Å². The quantitative estimate of drug-likeness (QED) is 0.208. The second-order valence-corrected chi connectivity index (χ2v) is 8.95. The van der Waals surface area contributed by atoms with Crippen LogP contribution in [0.4, 0.5) is 5.69 Å². The molecule has 0 aliphatic heterocycles. The van der Waals surface area contributed by atoms with E-state index in [0.29, 0.717) is 34.5 Å². The number of H-pyrrole nitrogens is 1. The number of azo groups is 1. The molecule has 31 heavy (non-hydrogen) atoms. The van der Waals surface area contributed by atoms with Crippen LogP contribution in [-0.2, 0) is 4.79 Å². The first-order valence-corrected chi connectivity index (χ1v) is 11.5. The third-order valence-corrected chi connectivity index (χ3v) is 5.92. The van der Waals surface area contributed by atoms with Crippen molar-refractivity contribution >= 4 is 71.9 Å². The summed E-state index contributed by atoms with van der Waals surface area (Å²) in [6, 6.07) is 10.5. The average molecular weight is 571 g/mol. The summed E-state index contributed by atoms with van der Waals surface area (Å²) in [5.41, 5.74) is 1.33. The number of rotatable bonds is 8. The third kappa shape index (κ3) is 6.15. The fourth-order valence-corrected chi connectivity index (χ4v) is 4.52. The van der Waals surface area contributed by atoms with Crippen LogP contribution in [0.3, 0.4) is 0 Å². The highest BCUT2D eigenvalue weighted by Crippen LogP contribution is 2.40. The van der Waals surface area contributed by atoms with E-state index in [1.54, 1.807) is 30.3 Å². The molecule has 3 aromatic rings. The molecule has 7 nitrogen and oxygen atoms in total. The molecule has 0 bridgehead atoms. The molecule has 0 unspecified atom stereocenters. The van der Waals surface area contributed by atoms with Gasteiger partial charge in [0, 0.05) is 27.3 Å². The van der Waals surface area contributed by atoms with E-state index < -0.39 is 0 Å².